The average molecular weight is 542 g/mol. The van der Waals surface area contributed by atoms with Crippen molar-refractivity contribution in [1.29, 1.82) is 0 Å². The highest BCUT2D eigenvalue weighted by Gasteiger charge is 2.22. The molecule has 2 amide bonds. The molecule has 5 aromatic rings. The van der Waals surface area contributed by atoms with E-state index in [1.54, 1.807) is 55.6 Å². The van der Waals surface area contributed by atoms with Crippen molar-refractivity contribution in [2.45, 2.75) is 26.2 Å². The monoisotopic (exact) mass is 541 g/mol. The van der Waals surface area contributed by atoms with E-state index in [4.69, 9.17) is 0 Å². The molecule has 0 saturated heterocycles. The van der Waals surface area contributed by atoms with Crippen LogP contribution in [0, 0.1) is 5.82 Å². The molecule has 4 heterocycles. The summed E-state index contributed by atoms with van der Waals surface area (Å²) in [6.45, 7) is 6.03. The molecule has 204 valence electrons. The Balaban J connectivity index is 1.46. The number of amides is 2. The summed E-state index contributed by atoms with van der Waals surface area (Å²) >= 11 is 0. The first-order chi connectivity index (χ1) is 19.0. The van der Waals surface area contributed by atoms with Gasteiger partial charge in [-0.3, -0.25) is 19.7 Å². The number of hydrogen-bond donors (Lipinski definition) is 3. The minimum absolute atomic E-state index is 0.0950. The van der Waals surface area contributed by atoms with E-state index in [1.165, 1.54) is 22.8 Å². The number of carbonyl (C=O) groups is 1. The molecule has 0 unspecified atom stereocenters. The van der Waals surface area contributed by atoms with Crippen molar-refractivity contribution < 1.29 is 9.18 Å². The van der Waals surface area contributed by atoms with Gasteiger partial charge >= 0.3 is 6.03 Å². The number of anilines is 3. The number of halogens is 1. The van der Waals surface area contributed by atoms with Crippen LogP contribution in [0.3, 0.4) is 0 Å². The van der Waals surface area contributed by atoms with Crippen LogP contribution in [0.25, 0.3) is 27.8 Å². The fraction of sp³-hybridized carbons (Fsp3) is 0.214. The summed E-state index contributed by atoms with van der Waals surface area (Å²) < 4.78 is 17.8. The van der Waals surface area contributed by atoms with E-state index >= 15 is 0 Å². The third kappa shape index (κ3) is 5.10. The quantitative estimate of drug-likeness (QED) is 0.294. The fourth-order valence-corrected chi connectivity index (χ4v) is 4.14. The van der Waals surface area contributed by atoms with E-state index < -0.39 is 11.8 Å². The second kappa shape index (κ2) is 10.2. The Hall–Kier alpha value is -5.13. The zero-order chi connectivity index (χ0) is 28.6. The fourth-order valence-electron chi connectivity index (χ4n) is 4.14. The molecule has 0 atom stereocenters. The maximum Gasteiger partial charge on any atom is 0.324 e. The highest BCUT2D eigenvalue weighted by atomic mass is 19.1. The normalized spacial score (nSPS) is 11.4. The summed E-state index contributed by atoms with van der Waals surface area (Å²) in [5, 5.41) is 13.4. The second-order valence-electron chi connectivity index (χ2n) is 10.2. The average Bonchev–Trinajstić information content (AvgIpc) is 3.36. The first-order valence-electron chi connectivity index (χ1n) is 12.5. The summed E-state index contributed by atoms with van der Waals surface area (Å²) in [5.74, 6) is 0.111. The Labute approximate surface area is 229 Å². The summed E-state index contributed by atoms with van der Waals surface area (Å²) in [4.78, 5) is 38.9. The van der Waals surface area contributed by atoms with E-state index in [0.717, 1.165) is 5.69 Å². The first-order valence-corrected chi connectivity index (χ1v) is 12.5. The van der Waals surface area contributed by atoms with E-state index in [-0.39, 0.29) is 16.7 Å². The molecule has 3 N–H and O–H groups in total. The molecular formula is C28H28FN9O2. The predicted octanol–water partition coefficient (Wildman–Crippen LogP) is 4.70. The van der Waals surface area contributed by atoms with E-state index in [0.29, 0.717) is 39.6 Å². The lowest BCUT2D eigenvalue weighted by atomic mass is 9.92. The van der Waals surface area contributed by atoms with Gasteiger partial charge in [0.2, 0.25) is 5.95 Å². The predicted molar refractivity (Wildman–Crippen MR) is 152 cm³/mol. The van der Waals surface area contributed by atoms with Gasteiger partial charge in [-0.1, -0.05) is 26.8 Å². The van der Waals surface area contributed by atoms with Crippen LogP contribution in [0.1, 0.15) is 26.5 Å². The van der Waals surface area contributed by atoms with Crippen molar-refractivity contribution in [3.05, 3.63) is 82.9 Å². The highest BCUT2D eigenvalue weighted by Crippen LogP contribution is 2.28. The standard InChI is InChI=1S/C28H28FN9O2/c1-28(2,3)22-13-23(38(36-22)18-7-6-10-31-15-18)34-27(40)33-21-12-16(8-9-20(21)29)19-11-17-14-32-26(30-4)35-24(17)37(5)25(19)39/h6-15H,1-5H3,(H,30,32,35)(H2,33,34,40). The lowest BCUT2D eigenvalue weighted by Gasteiger charge is -2.14. The summed E-state index contributed by atoms with van der Waals surface area (Å²) in [5.41, 5.74) is 1.88. The number of benzene rings is 1. The number of hydrogen-bond acceptors (Lipinski definition) is 7. The Kier molecular flexibility index (Phi) is 6.76. The van der Waals surface area contributed by atoms with Gasteiger partial charge in [-0.2, -0.15) is 10.1 Å². The Morgan fingerprint density at radius 2 is 1.85 bits per heavy atom. The molecule has 0 fully saturated rings. The van der Waals surface area contributed by atoms with Crippen LogP contribution in [-0.2, 0) is 12.5 Å². The molecule has 0 aliphatic heterocycles. The second-order valence-corrected chi connectivity index (χ2v) is 10.2. The number of pyridine rings is 2. The first kappa shape index (κ1) is 26.5. The lowest BCUT2D eigenvalue weighted by molar-refractivity contribution is 0.262. The molecule has 11 nitrogen and oxygen atoms in total. The van der Waals surface area contributed by atoms with E-state index in [1.807, 2.05) is 26.8 Å². The van der Waals surface area contributed by atoms with Gasteiger partial charge in [-0.15, -0.1) is 0 Å². The zero-order valence-electron chi connectivity index (χ0n) is 22.7. The Morgan fingerprint density at radius 3 is 2.55 bits per heavy atom. The molecule has 5 rings (SSSR count). The van der Waals surface area contributed by atoms with Crippen molar-refractivity contribution in [2.75, 3.05) is 23.0 Å². The summed E-state index contributed by atoms with van der Waals surface area (Å²) in [6, 6.07) is 10.4. The smallest absolute Gasteiger partial charge is 0.324 e. The molecule has 0 saturated carbocycles. The molecule has 4 aromatic heterocycles. The molecule has 0 radical (unpaired) electrons. The van der Waals surface area contributed by atoms with Gasteiger partial charge < -0.3 is 10.6 Å². The van der Waals surface area contributed by atoms with Crippen LogP contribution in [0.4, 0.5) is 26.6 Å². The minimum Gasteiger partial charge on any atom is -0.357 e. The number of rotatable bonds is 5. The molecule has 0 aliphatic carbocycles. The van der Waals surface area contributed by atoms with Crippen LogP contribution in [0.5, 0.6) is 0 Å². The number of aromatic nitrogens is 6. The minimum atomic E-state index is -0.680. The third-order valence-corrected chi connectivity index (χ3v) is 6.31. The maximum atomic E-state index is 14.8. The third-order valence-electron chi connectivity index (χ3n) is 6.31. The number of aryl methyl sites for hydroxylation is 1. The van der Waals surface area contributed by atoms with Crippen LogP contribution in [-0.4, -0.2) is 42.4 Å². The van der Waals surface area contributed by atoms with Gasteiger partial charge in [0, 0.05) is 48.9 Å². The SMILES string of the molecule is CNc1ncc2cc(-c3ccc(F)c(NC(=O)Nc4cc(C(C)(C)C)nn4-c4cccnc4)c3)c(=O)n(C)c2n1. The highest BCUT2D eigenvalue weighted by molar-refractivity contribution is 6.00. The number of nitrogens with one attached hydrogen (secondary N) is 3. The van der Waals surface area contributed by atoms with E-state index in [9.17, 15) is 14.0 Å². The van der Waals surface area contributed by atoms with Crippen LogP contribution >= 0.6 is 0 Å². The van der Waals surface area contributed by atoms with Crippen molar-refractivity contribution in [3.63, 3.8) is 0 Å². The van der Waals surface area contributed by atoms with Gasteiger partial charge in [0.15, 0.2) is 0 Å². The lowest BCUT2D eigenvalue weighted by Crippen LogP contribution is -2.22. The molecule has 0 aliphatic rings. The van der Waals surface area contributed by atoms with Gasteiger partial charge in [0.25, 0.3) is 5.56 Å². The van der Waals surface area contributed by atoms with Crippen LogP contribution < -0.4 is 21.5 Å². The van der Waals surface area contributed by atoms with Crippen molar-refractivity contribution in [1.82, 2.24) is 29.3 Å². The Bertz CT molecular complexity index is 1790. The number of carbonyl (C=O) groups excluding carboxylic acids is 1. The van der Waals surface area contributed by atoms with Gasteiger partial charge in [0.05, 0.1) is 23.3 Å². The van der Waals surface area contributed by atoms with Crippen molar-refractivity contribution in [3.8, 4) is 16.8 Å². The Morgan fingerprint density at radius 1 is 1.05 bits per heavy atom. The van der Waals surface area contributed by atoms with E-state index in [2.05, 4.69) is 36.0 Å². The topological polar surface area (TPSA) is 132 Å². The number of nitrogens with zero attached hydrogens (tertiary/aromatic N) is 6. The molecule has 40 heavy (non-hydrogen) atoms. The molecular weight excluding hydrogens is 513 g/mol. The van der Waals surface area contributed by atoms with Crippen LogP contribution in [0.2, 0.25) is 0 Å². The number of urea groups is 1. The molecule has 0 bridgehead atoms. The number of fused-ring (bicyclic) bond motifs is 1. The molecule has 1 aromatic carbocycles. The largest absolute Gasteiger partial charge is 0.357 e. The molecule has 0 spiro atoms. The maximum absolute atomic E-state index is 14.8. The van der Waals surface area contributed by atoms with Crippen LogP contribution in [0.15, 0.2) is 65.8 Å². The van der Waals surface area contributed by atoms with Gasteiger partial charge in [-0.25, -0.2) is 18.9 Å². The summed E-state index contributed by atoms with van der Waals surface area (Å²) in [6.07, 6.45) is 4.87. The summed E-state index contributed by atoms with van der Waals surface area (Å²) in [7, 11) is 3.29. The molecule has 12 heteroatoms. The zero-order valence-corrected chi connectivity index (χ0v) is 22.7. The van der Waals surface area contributed by atoms with Gasteiger partial charge in [-0.05, 0) is 35.9 Å². The van der Waals surface area contributed by atoms with Crippen molar-refractivity contribution in [2.24, 2.45) is 7.05 Å². The van der Waals surface area contributed by atoms with Crippen molar-refractivity contribution >= 4 is 34.5 Å². The van der Waals surface area contributed by atoms with Gasteiger partial charge in [0.1, 0.15) is 17.3 Å².